The first-order valence-corrected chi connectivity index (χ1v) is 18.7. The largest absolute Gasteiger partial charge is 0.310 e. The zero-order valence-corrected chi connectivity index (χ0v) is 30.1. The second-order valence-corrected chi connectivity index (χ2v) is 14.6. The summed E-state index contributed by atoms with van der Waals surface area (Å²) in [7, 11) is 0. The third-order valence-electron chi connectivity index (χ3n) is 11.5. The molecule has 0 fully saturated rings. The summed E-state index contributed by atoms with van der Waals surface area (Å²) in [5.74, 6) is 0. The molecule has 10 rings (SSSR count). The first-order valence-electron chi connectivity index (χ1n) is 18.7. The Kier molecular flexibility index (Phi) is 7.47. The molecular weight excluding hydrogens is 639 g/mol. The van der Waals surface area contributed by atoms with Crippen LogP contribution in [0.5, 0.6) is 0 Å². The number of allylic oxidation sites excluding steroid dienone is 2. The SMILES string of the molecule is CC1=C(C)c2c(c(N(c3ccc(-c4ccccc4)cc3)c3ccccc3-c3ccc(-c4ccccc4)cc3)cc3c2-c2c(ccc4ccccc24)C3)C1. The molecular formula is C52H39N. The lowest BCUT2D eigenvalue weighted by atomic mass is 9.89. The normalized spacial score (nSPS) is 12.9. The highest BCUT2D eigenvalue weighted by Crippen LogP contribution is 2.54. The first kappa shape index (κ1) is 31.3. The van der Waals surface area contributed by atoms with Crippen molar-refractivity contribution in [1.82, 2.24) is 0 Å². The van der Waals surface area contributed by atoms with Gasteiger partial charge in [-0.2, -0.15) is 0 Å². The maximum absolute atomic E-state index is 2.54. The van der Waals surface area contributed by atoms with Crippen molar-refractivity contribution in [1.29, 1.82) is 0 Å². The van der Waals surface area contributed by atoms with Crippen molar-refractivity contribution in [3.8, 4) is 44.5 Å². The molecule has 2 aliphatic rings. The molecule has 0 N–H and O–H groups in total. The fourth-order valence-corrected chi connectivity index (χ4v) is 8.78. The number of fused-ring (bicyclic) bond motifs is 7. The summed E-state index contributed by atoms with van der Waals surface area (Å²) in [6.07, 6.45) is 1.88. The summed E-state index contributed by atoms with van der Waals surface area (Å²) < 4.78 is 0. The molecule has 0 spiro atoms. The maximum Gasteiger partial charge on any atom is 0.0540 e. The quantitative estimate of drug-likeness (QED) is 0.169. The van der Waals surface area contributed by atoms with Crippen LogP contribution in [0, 0.1) is 0 Å². The predicted octanol–water partition coefficient (Wildman–Crippen LogP) is 14.2. The highest BCUT2D eigenvalue weighted by molar-refractivity contribution is 6.07. The lowest BCUT2D eigenvalue weighted by Gasteiger charge is -2.31. The van der Waals surface area contributed by atoms with Crippen LogP contribution in [0.2, 0.25) is 0 Å². The van der Waals surface area contributed by atoms with Crippen LogP contribution in [0.15, 0.2) is 181 Å². The van der Waals surface area contributed by atoms with Crippen molar-refractivity contribution in [3.05, 3.63) is 204 Å². The average Bonchev–Trinajstić information content (AvgIpc) is 3.75. The predicted molar refractivity (Wildman–Crippen MR) is 225 cm³/mol. The van der Waals surface area contributed by atoms with E-state index in [1.54, 1.807) is 0 Å². The molecule has 53 heavy (non-hydrogen) atoms. The van der Waals surface area contributed by atoms with Crippen LogP contribution in [0.1, 0.15) is 36.1 Å². The minimum Gasteiger partial charge on any atom is -0.310 e. The molecule has 1 nitrogen and oxygen atoms in total. The Labute approximate surface area is 312 Å². The summed E-state index contributed by atoms with van der Waals surface area (Å²) in [6, 6.07) is 64.6. The molecule has 0 aliphatic heterocycles. The first-order chi connectivity index (χ1) is 26.1. The van der Waals surface area contributed by atoms with Crippen molar-refractivity contribution in [2.75, 3.05) is 4.90 Å². The second kappa shape index (κ2) is 12.7. The second-order valence-electron chi connectivity index (χ2n) is 14.6. The molecule has 0 saturated carbocycles. The third kappa shape index (κ3) is 5.23. The van der Waals surface area contributed by atoms with Gasteiger partial charge in [0.25, 0.3) is 0 Å². The molecule has 0 amide bonds. The fraction of sp³-hybridized carbons (Fsp3) is 0.0769. The van der Waals surface area contributed by atoms with Gasteiger partial charge in [-0.05, 0) is 128 Å². The summed E-state index contributed by atoms with van der Waals surface area (Å²) in [6.45, 7) is 4.67. The zero-order chi connectivity index (χ0) is 35.5. The van der Waals surface area contributed by atoms with E-state index in [1.165, 1.54) is 100 Å². The maximum atomic E-state index is 2.54. The van der Waals surface area contributed by atoms with Crippen molar-refractivity contribution in [2.45, 2.75) is 26.7 Å². The molecule has 8 aromatic rings. The van der Waals surface area contributed by atoms with E-state index in [1.807, 2.05) is 0 Å². The Bertz CT molecular complexity index is 2700. The number of benzene rings is 8. The van der Waals surface area contributed by atoms with Crippen LogP contribution in [0.4, 0.5) is 17.1 Å². The van der Waals surface area contributed by atoms with Gasteiger partial charge in [0, 0.05) is 11.3 Å². The minimum atomic E-state index is 0.936. The molecule has 8 aromatic carbocycles. The van der Waals surface area contributed by atoms with E-state index in [0.29, 0.717) is 0 Å². The highest BCUT2D eigenvalue weighted by atomic mass is 15.1. The van der Waals surface area contributed by atoms with E-state index in [4.69, 9.17) is 0 Å². The number of anilines is 3. The van der Waals surface area contributed by atoms with Gasteiger partial charge >= 0.3 is 0 Å². The van der Waals surface area contributed by atoms with Crippen LogP contribution in [0.25, 0.3) is 60.9 Å². The van der Waals surface area contributed by atoms with Crippen LogP contribution in [-0.2, 0) is 12.8 Å². The van der Waals surface area contributed by atoms with E-state index < -0.39 is 0 Å². The molecule has 0 heterocycles. The topological polar surface area (TPSA) is 3.24 Å². The van der Waals surface area contributed by atoms with Gasteiger partial charge < -0.3 is 4.90 Å². The number of nitrogens with zero attached hydrogens (tertiary/aromatic N) is 1. The zero-order valence-electron chi connectivity index (χ0n) is 30.1. The van der Waals surface area contributed by atoms with Gasteiger partial charge in [0.05, 0.1) is 11.4 Å². The summed E-state index contributed by atoms with van der Waals surface area (Å²) in [4.78, 5) is 2.54. The molecule has 0 bridgehead atoms. The van der Waals surface area contributed by atoms with Gasteiger partial charge in [0.2, 0.25) is 0 Å². The Morgan fingerprint density at radius 3 is 1.72 bits per heavy atom. The third-order valence-corrected chi connectivity index (χ3v) is 11.5. The van der Waals surface area contributed by atoms with Crippen LogP contribution < -0.4 is 4.90 Å². The summed E-state index contributed by atoms with van der Waals surface area (Å²) in [5.41, 5.74) is 22.3. The lowest BCUT2D eigenvalue weighted by molar-refractivity contribution is 1.15. The van der Waals surface area contributed by atoms with Gasteiger partial charge in [-0.25, -0.2) is 0 Å². The number of hydrogen-bond donors (Lipinski definition) is 0. The summed E-state index contributed by atoms with van der Waals surface area (Å²) >= 11 is 0. The molecule has 0 unspecified atom stereocenters. The van der Waals surface area contributed by atoms with E-state index >= 15 is 0 Å². The minimum absolute atomic E-state index is 0.936. The monoisotopic (exact) mass is 677 g/mol. The van der Waals surface area contributed by atoms with Crippen molar-refractivity contribution in [3.63, 3.8) is 0 Å². The Hall–Kier alpha value is -6.44. The fourth-order valence-electron chi connectivity index (χ4n) is 8.78. The molecule has 2 aliphatic carbocycles. The Morgan fingerprint density at radius 1 is 0.415 bits per heavy atom. The number of rotatable bonds is 6. The molecule has 1 heteroatoms. The average molecular weight is 678 g/mol. The molecule has 0 aromatic heterocycles. The smallest absolute Gasteiger partial charge is 0.0540 e. The molecule has 252 valence electrons. The van der Waals surface area contributed by atoms with Crippen molar-refractivity contribution < 1.29 is 0 Å². The molecule has 0 atom stereocenters. The van der Waals surface area contributed by atoms with Crippen LogP contribution >= 0.6 is 0 Å². The van der Waals surface area contributed by atoms with Crippen LogP contribution in [-0.4, -0.2) is 0 Å². The highest BCUT2D eigenvalue weighted by Gasteiger charge is 2.33. The Balaban J connectivity index is 1.19. The van der Waals surface area contributed by atoms with Crippen LogP contribution in [0.3, 0.4) is 0 Å². The van der Waals surface area contributed by atoms with Gasteiger partial charge in [0.1, 0.15) is 0 Å². The van der Waals surface area contributed by atoms with Gasteiger partial charge in [-0.1, -0.05) is 157 Å². The number of para-hydroxylation sites is 1. The van der Waals surface area contributed by atoms with Gasteiger partial charge in [0.15, 0.2) is 0 Å². The Morgan fingerprint density at radius 2 is 1.00 bits per heavy atom. The number of hydrogen-bond acceptors (Lipinski definition) is 1. The van der Waals surface area contributed by atoms with Crippen molar-refractivity contribution in [2.24, 2.45) is 0 Å². The molecule has 0 saturated heterocycles. The van der Waals surface area contributed by atoms with E-state index in [0.717, 1.165) is 18.5 Å². The van der Waals surface area contributed by atoms with Crippen molar-refractivity contribution >= 4 is 33.4 Å². The lowest BCUT2D eigenvalue weighted by Crippen LogP contribution is -2.14. The van der Waals surface area contributed by atoms with Gasteiger partial charge in [-0.15, -0.1) is 0 Å². The van der Waals surface area contributed by atoms with Gasteiger partial charge in [-0.3, -0.25) is 0 Å². The standard InChI is InChI=1S/C52H39N/c1-34-31-47-49(33-43-32-42-26-25-40-17-9-10-19-46(40)51(42)52(43)50(47)35(34)2)53(44-29-27-39(28-30-44)37-15-7-4-8-16-37)48-20-12-11-18-45(48)41-23-21-38(22-24-41)36-13-5-3-6-14-36/h3-30,33H,31-32H2,1-2H3. The van der Waals surface area contributed by atoms with E-state index in [9.17, 15) is 0 Å². The summed E-state index contributed by atoms with van der Waals surface area (Å²) in [5, 5.41) is 2.66. The van der Waals surface area contributed by atoms with E-state index in [-0.39, 0.29) is 0 Å². The molecule has 0 radical (unpaired) electrons. The van der Waals surface area contributed by atoms with E-state index in [2.05, 4.69) is 195 Å².